The summed E-state index contributed by atoms with van der Waals surface area (Å²) in [6.07, 6.45) is -6.15. The molecule has 5 atom stereocenters. The van der Waals surface area contributed by atoms with Gasteiger partial charge in [0, 0.05) is 45.6 Å². The number of ether oxygens (including phenoxy) is 5. The number of nitrogens with zero attached hydrogens (tertiary/aromatic N) is 3. The van der Waals surface area contributed by atoms with Gasteiger partial charge in [0.15, 0.2) is 18.3 Å². The van der Waals surface area contributed by atoms with Gasteiger partial charge < -0.3 is 28.8 Å². The van der Waals surface area contributed by atoms with Crippen molar-refractivity contribution in [3.8, 4) is 0 Å². The van der Waals surface area contributed by atoms with Crippen LogP contribution in [0.1, 0.15) is 34.1 Å². The number of hydrogen-bond acceptors (Lipinski definition) is 11. The fraction of sp³-hybridized carbons (Fsp3) is 0.750. The van der Waals surface area contributed by atoms with Crippen molar-refractivity contribution in [3.63, 3.8) is 0 Å². The summed E-state index contributed by atoms with van der Waals surface area (Å²) in [5.74, 6) is -5.45. The van der Waals surface area contributed by atoms with Gasteiger partial charge in [-0.1, -0.05) is 5.11 Å². The third-order valence-corrected chi connectivity index (χ3v) is 3.77. The zero-order chi connectivity index (χ0) is 22.2. The van der Waals surface area contributed by atoms with Crippen LogP contribution in [0.3, 0.4) is 0 Å². The Morgan fingerprint density at radius 3 is 2.03 bits per heavy atom. The fourth-order valence-electron chi connectivity index (χ4n) is 2.81. The highest BCUT2D eigenvalue weighted by Gasteiger charge is 2.59. The maximum Gasteiger partial charge on any atom is 0.303 e. The lowest BCUT2D eigenvalue weighted by Crippen LogP contribution is -2.68. The minimum atomic E-state index is -2.30. The Morgan fingerprint density at radius 2 is 1.55 bits per heavy atom. The summed E-state index contributed by atoms with van der Waals surface area (Å²) in [6, 6.07) is 0. The molecule has 0 aromatic carbocycles. The second-order valence-corrected chi connectivity index (χ2v) is 6.19. The summed E-state index contributed by atoms with van der Waals surface area (Å²) >= 11 is 0. The lowest BCUT2D eigenvalue weighted by atomic mass is 9.90. The highest BCUT2D eigenvalue weighted by atomic mass is 16.7. The van der Waals surface area contributed by atoms with Crippen molar-refractivity contribution in [1.29, 1.82) is 0 Å². The molecule has 13 heteroatoms. The molecule has 29 heavy (non-hydrogen) atoms. The Morgan fingerprint density at radius 1 is 1.00 bits per heavy atom. The van der Waals surface area contributed by atoms with Crippen LogP contribution in [0.5, 0.6) is 0 Å². The molecule has 0 aromatic rings. The highest BCUT2D eigenvalue weighted by molar-refractivity contribution is 5.68. The topological polar surface area (TPSA) is 183 Å². The molecule has 1 aliphatic heterocycles. The van der Waals surface area contributed by atoms with Gasteiger partial charge in [-0.15, -0.1) is 0 Å². The van der Waals surface area contributed by atoms with Crippen molar-refractivity contribution in [2.75, 3.05) is 13.2 Å². The van der Waals surface area contributed by atoms with Gasteiger partial charge in [-0.05, 0) is 5.53 Å². The summed E-state index contributed by atoms with van der Waals surface area (Å²) in [5, 5.41) is 14.3. The third-order valence-electron chi connectivity index (χ3n) is 3.77. The van der Waals surface area contributed by atoms with Crippen LogP contribution in [0.4, 0.5) is 0 Å². The zero-order valence-electron chi connectivity index (χ0n) is 16.4. The Kier molecular flexibility index (Phi) is 8.83. The molecule has 162 valence electrons. The molecular weight excluding hydrogens is 394 g/mol. The smallest absolute Gasteiger partial charge is 0.303 e. The number of carbonyl (C=O) groups is 4. The molecule has 1 heterocycles. The molecule has 1 rings (SSSR count). The van der Waals surface area contributed by atoms with Gasteiger partial charge in [-0.3, -0.25) is 19.2 Å². The molecule has 0 unspecified atom stereocenters. The number of esters is 4. The first kappa shape index (κ1) is 24.1. The maximum atomic E-state index is 11.6. The molecule has 0 saturated carbocycles. The van der Waals surface area contributed by atoms with Crippen LogP contribution in [-0.2, 0) is 42.9 Å². The molecule has 1 saturated heterocycles. The summed E-state index contributed by atoms with van der Waals surface area (Å²) in [6.45, 7) is 3.58. The fourth-order valence-corrected chi connectivity index (χ4v) is 2.81. The van der Waals surface area contributed by atoms with Crippen molar-refractivity contribution in [2.45, 2.75) is 64.3 Å². The van der Waals surface area contributed by atoms with E-state index in [9.17, 15) is 24.3 Å². The molecule has 1 fully saturated rings. The first-order chi connectivity index (χ1) is 13.5. The molecule has 13 nitrogen and oxygen atoms in total. The largest absolute Gasteiger partial charge is 0.463 e. The van der Waals surface area contributed by atoms with Crippen LogP contribution in [-0.4, -0.2) is 72.3 Å². The van der Waals surface area contributed by atoms with Gasteiger partial charge in [0.05, 0.1) is 0 Å². The quantitative estimate of drug-likeness (QED) is 0.187. The van der Waals surface area contributed by atoms with Gasteiger partial charge in [-0.25, -0.2) is 0 Å². The minimum Gasteiger partial charge on any atom is -0.463 e. The van der Waals surface area contributed by atoms with Crippen LogP contribution in [0.25, 0.3) is 10.4 Å². The van der Waals surface area contributed by atoms with Gasteiger partial charge in [0.2, 0.25) is 5.79 Å². The first-order valence-electron chi connectivity index (χ1n) is 8.56. The Labute approximate surface area is 165 Å². The monoisotopic (exact) mass is 417 g/mol. The lowest BCUT2D eigenvalue weighted by Gasteiger charge is -2.48. The first-order valence-corrected chi connectivity index (χ1v) is 8.56. The molecule has 0 aromatic heterocycles. The molecule has 0 spiro atoms. The second-order valence-electron chi connectivity index (χ2n) is 6.19. The molecule has 0 aliphatic carbocycles. The third kappa shape index (κ3) is 7.22. The number of carbonyl (C=O) groups excluding carboxylic acids is 4. The van der Waals surface area contributed by atoms with E-state index >= 15 is 0 Å². The number of azide groups is 1. The van der Waals surface area contributed by atoms with Crippen molar-refractivity contribution < 1.29 is 48.0 Å². The average molecular weight is 417 g/mol. The van der Waals surface area contributed by atoms with Crippen molar-refractivity contribution in [2.24, 2.45) is 5.11 Å². The van der Waals surface area contributed by atoms with E-state index in [-0.39, 0.29) is 13.0 Å². The van der Waals surface area contributed by atoms with E-state index in [0.717, 1.165) is 27.7 Å². The Bertz CT molecular complexity index is 692. The maximum absolute atomic E-state index is 11.6. The van der Waals surface area contributed by atoms with Crippen LogP contribution in [0.15, 0.2) is 5.11 Å². The van der Waals surface area contributed by atoms with E-state index in [1.165, 1.54) is 0 Å². The SMILES string of the molecule is CC(=O)OC[C@H]1O[C@](O)(CCN=[N+]=[N-])[C@H](OC(C)=O)[C@@H](OC(C)=O)[C@H]1OC(C)=O. The number of hydrogen-bond donors (Lipinski definition) is 1. The zero-order valence-corrected chi connectivity index (χ0v) is 16.4. The number of aliphatic hydroxyl groups is 1. The van der Waals surface area contributed by atoms with E-state index in [4.69, 9.17) is 29.2 Å². The van der Waals surface area contributed by atoms with Crippen LogP contribution < -0.4 is 0 Å². The number of rotatable bonds is 8. The molecule has 0 radical (unpaired) electrons. The summed E-state index contributed by atoms with van der Waals surface area (Å²) in [7, 11) is 0. The summed E-state index contributed by atoms with van der Waals surface area (Å²) in [4.78, 5) is 48.6. The standard InChI is InChI=1S/C16H23N3O10/c1-8(20)25-7-12-13(26-9(2)21)14(27-10(3)22)15(28-11(4)23)16(24,29-12)5-6-18-19-17/h12-15,24H,5-7H2,1-4H3/t12-,13+,14+,15-,16-/m1/s1. The average Bonchev–Trinajstić information content (AvgIpc) is 2.58. The molecule has 0 amide bonds. The normalized spacial score (nSPS) is 28.4. The van der Waals surface area contributed by atoms with Gasteiger partial charge in [0.1, 0.15) is 12.7 Å². The Hall–Kier alpha value is -2.89. The predicted octanol–water partition coefficient (Wildman–Crippen LogP) is 0.132. The van der Waals surface area contributed by atoms with Crippen molar-refractivity contribution in [3.05, 3.63) is 10.4 Å². The lowest BCUT2D eigenvalue weighted by molar-refractivity contribution is -0.352. The van der Waals surface area contributed by atoms with Crippen LogP contribution in [0, 0.1) is 0 Å². The van der Waals surface area contributed by atoms with Gasteiger partial charge in [-0.2, -0.15) is 0 Å². The van der Waals surface area contributed by atoms with E-state index in [0.29, 0.717) is 0 Å². The van der Waals surface area contributed by atoms with Crippen LogP contribution in [0.2, 0.25) is 0 Å². The van der Waals surface area contributed by atoms with E-state index in [1.54, 1.807) is 0 Å². The summed E-state index contributed by atoms with van der Waals surface area (Å²) in [5.41, 5.74) is 8.47. The molecule has 0 bridgehead atoms. The highest BCUT2D eigenvalue weighted by Crippen LogP contribution is 2.36. The summed E-state index contributed by atoms with van der Waals surface area (Å²) < 4.78 is 25.9. The van der Waals surface area contributed by atoms with Crippen molar-refractivity contribution in [1.82, 2.24) is 0 Å². The molecule has 1 aliphatic rings. The predicted molar refractivity (Wildman–Crippen MR) is 91.7 cm³/mol. The Balaban J connectivity index is 3.41. The van der Waals surface area contributed by atoms with E-state index < -0.39 is 60.7 Å². The van der Waals surface area contributed by atoms with Crippen LogP contribution >= 0.6 is 0 Å². The second kappa shape index (κ2) is 10.6. The van der Waals surface area contributed by atoms with Crippen molar-refractivity contribution >= 4 is 23.9 Å². The van der Waals surface area contributed by atoms with E-state index in [1.807, 2.05) is 0 Å². The van der Waals surface area contributed by atoms with Gasteiger partial charge >= 0.3 is 23.9 Å². The molecular formula is C16H23N3O10. The van der Waals surface area contributed by atoms with Gasteiger partial charge in [0.25, 0.3) is 0 Å². The van der Waals surface area contributed by atoms with E-state index in [2.05, 4.69) is 10.0 Å². The molecule has 1 N–H and O–H groups in total. The minimum absolute atomic E-state index is 0.268.